The zero-order chi connectivity index (χ0) is 31.2. The second-order valence-electron chi connectivity index (χ2n) is 14.5. The number of allylic oxidation sites excluding steroid dienone is 4. The molecule has 240 valence electrons. The topological polar surface area (TPSA) is 0 Å². The van der Waals surface area contributed by atoms with E-state index in [0.29, 0.717) is 0 Å². The Hall–Kier alpha value is -0.847. The van der Waals surface area contributed by atoms with Crippen LogP contribution < -0.4 is 3.27 Å². The van der Waals surface area contributed by atoms with Crippen LogP contribution in [-0.2, 0) is 51.4 Å². The summed E-state index contributed by atoms with van der Waals surface area (Å²) < 4.78 is 7.82. The third-order valence-corrected chi connectivity index (χ3v) is 18.1. The van der Waals surface area contributed by atoms with Crippen molar-refractivity contribution in [2.75, 3.05) is 0 Å². The van der Waals surface area contributed by atoms with Gasteiger partial charge in [0.1, 0.15) is 0 Å². The molecule has 0 nitrogen and oxygen atoms in total. The fourth-order valence-corrected chi connectivity index (χ4v) is 15.5. The molecule has 0 unspecified atom stereocenters. The van der Waals surface area contributed by atoms with E-state index in [9.17, 15) is 0 Å². The van der Waals surface area contributed by atoms with Crippen LogP contribution in [0.1, 0.15) is 81.3 Å². The molecule has 0 N–H and O–H groups in total. The van der Waals surface area contributed by atoms with Gasteiger partial charge in [0.25, 0.3) is 0 Å². The van der Waals surface area contributed by atoms with Gasteiger partial charge in [0.05, 0.1) is 0 Å². The summed E-state index contributed by atoms with van der Waals surface area (Å²) >= 11 is 2.30. The molecule has 4 aromatic carbocycles. The van der Waals surface area contributed by atoms with Gasteiger partial charge in [-0.15, -0.1) is 24.8 Å². The summed E-state index contributed by atoms with van der Waals surface area (Å²) in [5.74, 6) is 0. The number of hydrogen-bond donors (Lipinski definition) is 0. The van der Waals surface area contributed by atoms with Crippen molar-refractivity contribution in [1.82, 2.24) is 0 Å². The predicted molar refractivity (Wildman–Crippen MR) is 219 cm³/mol. The van der Waals surface area contributed by atoms with E-state index in [4.69, 9.17) is 0 Å². The van der Waals surface area contributed by atoms with Gasteiger partial charge in [-0.3, -0.25) is 0 Å². The van der Waals surface area contributed by atoms with E-state index < -0.39 is 21.3 Å². The zero-order valence-electron chi connectivity index (χ0n) is 27.6. The Morgan fingerprint density at radius 3 is 1.72 bits per heavy atom. The maximum Gasteiger partial charge on any atom is -0.147 e. The summed E-state index contributed by atoms with van der Waals surface area (Å²) in [5, 5.41) is 0. The summed E-state index contributed by atoms with van der Waals surface area (Å²) in [6.07, 6.45) is 11.5. The molecule has 0 saturated carbocycles. The Bertz CT molecular complexity index is 1770. The molecule has 0 amide bonds. The first-order chi connectivity index (χ1) is 20.9. The molecule has 0 radical (unpaired) electrons. The van der Waals surface area contributed by atoms with Gasteiger partial charge in [0, 0.05) is 0 Å². The minimum Gasteiger partial charge on any atom is -0.147 e. The molecule has 0 heterocycles. The summed E-state index contributed by atoms with van der Waals surface area (Å²) in [6, 6.07) is 31.1. The van der Waals surface area contributed by atoms with E-state index in [2.05, 4.69) is 184 Å². The number of fused-ring (bicyclic) bond motifs is 3. The third kappa shape index (κ3) is 8.47. The maximum absolute atomic E-state index is 2.67. The summed E-state index contributed by atoms with van der Waals surface area (Å²) in [7, 11) is 0. The van der Waals surface area contributed by atoms with Crippen molar-refractivity contribution in [3.63, 3.8) is 0 Å². The molecule has 6 rings (SSSR count). The standard InChI is InChI=1S/C21H25.C15H12I2.C5H5.2ClH.Zr/c1-20(2,3)16-9-7-14-11-15-8-10-17(21(4,5)6)13-19(15)18(14)12-16;16-14-8-4-12(5-9-14)2-1-3-13-6-10-15(17)11-7-13;1-2-4-5-3-1;;;/h7,9-10,12-13H,11H2,1-6H3;4-11H,2-3H2;1-3H,4H2;2*1H;. The molecule has 0 spiro atoms. The van der Waals surface area contributed by atoms with Crippen LogP contribution in [0, 0.1) is 7.14 Å². The van der Waals surface area contributed by atoms with Gasteiger partial charge in [-0.2, -0.15) is 0 Å². The van der Waals surface area contributed by atoms with Crippen molar-refractivity contribution >= 4 is 76.5 Å². The van der Waals surface area contributed by atoms with Crippen molar-refractivity contribution in [2.24, 2.45) is 0 Å². The number of benzene rings is 4. The molecule has 0 aromatic heterocycles. The van der Waals surface area contributed by atoms with Gasteiger partial charge in [-0.1, -0.05) is 0 Å². The van der Waals surface area contributed by atoms with Crippen molar-refractivity contribution in [3.05, 3.63) is 141 Å². The van der Waals surface area contributed by atoms with Crippen molar-refractivity contribution < 1.29 is 21.3 Å². The molecule has 2 aliphatic rings. The van der Waals surface area contributed by atoms with Crippen LogP contribution in [0.25, 0.3) is 11.1 Å². The fraction of sp³-hybridized carbons (Fsp3) is 0.293. The van der Waals surface area contributed by atoms with Gasteiger partial charge in [0.15, 0.2) is 0 Å². The number of halogens is 4. The zero-order valence-corrected chi connectivity index (χ0v) is 36.0. The first-order valence-corrected chi connectivity index (χ1v) is 21.6. The number of hydrogen-bond acceptors (Lipinski definition) is 0. The summed E-state index contributed by atoms with van der Waals surface area (Å²) in [5.41, 5.74) is 12.1. The molecular formula is C41H44Cl2I2Zr. The molecule has 0 aliphatic heterocycles. The van der Waals surface area contributed by atoms with Gasteiger partial charge >= 0.3 is 303 Å². The second kappa shape index (κ2) is 15.4. The molecular weight excluding hydrogens is 908 g/mol. The van der Waals surface area contributed by atoms with E-state index in [-0.39, 0.29) is 35.6 Å². The Labute approximate surface area is 324 Å². The molecule has 0 bridgehead atoms. The van der Waals surface area contributed by atoms with E-state index in [1.807, 2.05) is 0 Å². The van der Waals surface area contributed by atoms with Crippen LogP contribution in [0.4, 0.5) is 0 Å². The Morgan fingerprint density at radius 2 is 1.22 bits per heavy atom. The van der Waals surface area contributed by atoms with Crippen molar-refractivity contribution in [1.29, 1.82) is 0 Å². The molecule has 46 heavy (non-hydrogen) atoms. The molecule has 2 aliphatic carbocycles. The van der Waals surface area contributed by atoms with E-state index in [1.54, 1.807) is 15.3 Å². The summed E-state index contributed by atoms with van der Waals surface area (Å²) in [6.45, 7) is 14.2. The monoisotopic (exact) mass is 950 g/mol. The van der Waals surface area contributed by atoms with E-state index >= 15 is 0 Å². The Balaban J connectivity index is 0.00000240. The minimum atomic E-state index is -2.56. The average molecular weight is 953 g/mol. The molecule has 0 fully saturated rings. The predicted octanol–water partition coefficient (Wildman–Crippen LogP) is 11.7. The van der Waals surface area contributed by atoms with Crippen LogP contribution in [0.3, 0.4) is 0 Å². The van der Waals surface area contributed by atoms with Crippen LogP contribution in [0.2, 0.25) is 0 Å². The van der Waals surface area contributed by atoms with Crippen molar-refractivity contribution in [3.8, 4) is 11.1 Å². The van der Waals surface area contributed by atoms with Crippen LogP contribution >= 0.6 is 70.0 Å². The third-order valence-electron chi connectivity index (χ3n) is 9.13. The fourth-order valence-electron chi connectivity index (χ4n) is 6.56. The Morgan fingerprint density at radius 1 is 0.674 bits per heavy atom. The molecule has 0 saturated heterocycles. The number of rotatable bonds is 6. The van der Waals surface area contributed by atoms with Gasteiger partial charge in [-0.25, -0.2) is 0 Å². The van der Waals surface area contributed by atoms with Crippen LogP contribution in [0.5, 0.6) is 0 Å². The summed E-state index contributed by atoms with van der Waals surface area (Å²) in [4.78, 5) is 0. The SMILES string of the molecule is CC(C)(C)c1ccc2c(c1)-c1cc(C(C)(C)C)c[c]([Zr]([C]3=CC=CC3)=[C](Cc3ccc(I)cc3)Cc3ccc(I)cc3)c1C2.Cl.Cl. The second-order valence-corrected chi connectivity index (χ2v) is 23.5. The van der Waals surface area contributed by atoms with E-state index in [1.165, 1.54) is 46.1 Å². The van der Waals surface area contributed by atoms with Gasteiger partial charge in [-0.05, 0) is 0 Å². The van der Waals surface area contributed by atoms with Crippen molar-refractivity contribution in [2.45, 2.75) is 78.1 Å². The molecule has 0 atom stereocenters. The maximum atomic E-state index is 2.67. The van der Waals surface area contributed by atoms with Crippen LogP contribution in [-0.4, -0.2) is 3.21 Å². The minimum absolute atomic E-state index is 0. The smallest absolute Gasteiger partial charge is 0.147 e. The first kappa shape index (κ1) is 38.0. The largest absolute Gasteiger partial charge is 0.147 e. The molecule has 5 heteroatoms. The van der Waals surface area contributed by atoms with Gasteiger partial charge < -0.3 is 0 Å². The van der Waals surface area contributed by atoms with E-state index in [0.717, 1.165) is 25.7 Å². The quantitative estimate of drug-likeness (QED) is 0.149. The normalized spacial score (nSPS) is 13.3. The van der Waals surface area contributed by atoms with Crippen LogP contribution in [0.15, 0.2) is 100 Å². The average Bonchev–Trinajstić information content (AvgIpc) is 3.63. The first-order valence-electron chi connectivity index (χ1n) is 15.8. The molecule has 4 aromatic rings. The van der Waals surface area contributed by atoms with Gasteiger partial charge in [0.2, 0.25) is 0 Å². The Kier molecular flexibility index (Phi) is 12.7.